The predicted molar refractivity (Wildman–Crippen MR) is 129 cm³/mol. The molecule has 0 saturated heterocycles. The Kier molecular flexibility index (Phi) is 4.61. The van der Waals surface area contributed by atoms with E-state index in [1.54, 1.807) is 5.57 Å². The van der Waals surface area contributed by atoms with Crippen molar-refractivity contribution in [2.45, 2.75) is 120 Å². The van der Waals surface area contributed by atoms with Gasteiger partial charge in [0.25, 0.3) is 0 Å². The van der Waals surface area contributed by atoms with Crippen molar-refractivity contribution < 1.29 is 0 Å². The first kappa shape index (κ1) is 21.6. The fraction of sp³-hybridized carbons (Fsp3) is 0.933. The molecule has 0 nitrogen and oxygen atoms in total. The molecule has 4 saturated carbocycles. The van der Waals surface area contributed by atoms with E-state index >= 15 is 0 Å². The topological polar surface area (TPSA) is 0 Å². The van der Waals surface area contributed by atoms with Crippen LogP contribution < -0.4 is 0 Å². The van der Waals surface area contributed by atoms with Crippen molar-refractivity contribution in [3.05, 3.63) is 11.6 Å². The predicted octanol–water partition coefficient (Wildman–Crippen LogP) is 9.05. The largest absolute Gasteiger partial charge is 0.0847 e. The highest BCUT2D eigenvalue weighted by atomic mass is 14.8. The van der Waals surface area contributed by atoms with Gasteiger partial charge in [0.2, 0.25) is 0 Å². The van der Waals surface area contributed by atoms with Crippen molar-refractivity contribution in [3.8, 4) is 0 Å². The van der Waals surface area contributed by atoms with Crippen molar-refractivity contribution in [3.63, 3.8) is 0 Å². The van der Waals surface area contributed by atoms with Crippen molar-refractivity contribution in [2.75, 3.05) is 0 Å². The number of hydrogen-bond donors (Lipinski definition) is 0. The van der Waals surface area contributed by atoms with Crippen LogP contribution in [0.25, 0.3) is 0 Å². The highest BCUT2D eigenvalue weighted by molar-refractivity contribution is 5.33. The first-order valence-electron chi connectivity index (χ1n) is 13.6. The molecule has 170 valence electrons. The molecule has 4 fully saturated rings. The van der Waals surface area contributed by atoms with Crippen LogP contribution >= 0.6 is 0 Å². The second-order valence-corrected chi connectivity index (χ2v) is 14.4. The Morgan fingerprint density at radius 1 is 0.833 bits per heavy atom. The van der Waals surface area contributed by atoms with Crippen LogP contribution in [0.2, 0.25) is 0 Å². The molecule has 0 N–H and O–H groups in total. The van der Waals surface area contributed by atoms with Gasteiger partial charge in [0.1, 0.15) is 0 Å². The van der Waals surface area contributed by atoms with E-state index in [0.717, 1.165) is 29.6 Å². The van der Waals surface area contributed by atoms with Gasteiger partial charge < -0.3 is 0 Å². The van der Waals surface area contributed by atoms with Crippen molar-refractivity contribution >= 4 is 0 Å². The average molecular weight is 411 g/mol. The van der Waals surface area contributed by atoms with E-state index in [1.807, 2.05) is 0 Å². The van der Waals surface area contributed by atoms with Gasteiger partial charge in [0.05, 0.1) is 0 Å². The third-order valence-corrected chi connectivity index (χ3v) is 13.3. The maximum absolute atomic E-state index is 2.79. The van der Waals surface area contributed by atoms with Crippen LogP contribution in [0.15, 0.2) is 11.6 Å². The lowest BCUT2D eigenvalue weighted by Crippen LogP contribution is -2.61. The van der Waals surface area contributed by atoms with Gasteiger partial charge in [0.15, 0.2) is 0 Å². The molecule has 0 unspecified atom stereocenters. The van der Waals surface area contributed by atoms with E-state index in [0.29, 0.717) is 27.1 Å². The number of rotatable bonds is 1. The van der Waals surface area contributed by atoms with Gasteiger partial charge in [-0.2, -0.15) is 0 Å². The Bertz CT molecular complexity index is 741. The van der Waals surface area contributed by atoms with E-state index in [9.17, 15) is 0 Å². The van der Waals surface area contributed by atoms with Gasteiger partial charge in [-0.1, -0.05) is 66.5 Å². The molecule has 30 heavy (non-hydrogen) atoms. The minimum absolute atomic E-state index is 0.491. The standard InChI is InChI=1S/C30H50/c1-20(2)22-11-10-21(3)30(22)19-18-28(7)24-12-13-25-26(4,5)15-9-16-27(25,6)23(24)14-17-29(28,30)8/h10,20,22-25H,9,11-19H2,1-8H3/t22-,23-,24+,25-,27+,28+,29+,30-/m0/s1. The third kappa shape index (κ3) is 2.31. The summed E-state index contributed by atoms with van der Waals surface area (Å²) in [5.74, 6) is 4.59. The summed E-state index contributed by atoms with van der Waals surface area (Å²) in [5.41, 5.74) is 4.47. The van der Waals surface area contributed by atoms with Crippen LogP contribution in [-0.2, 0) is 0 Å². The van der Waals surface area contributed by atoms with E-state index in [4.69, 9.17) is 0 Å². The molecular formula is C30H50. The van der Waals surface area contributed by atoms with Gasteiger partial charge >= 0.3 is 0 Å². The summed E-state index contributed by atoms with van der Waals surface area (Å²) >= 11 is 0. The van der Waals surface area contributed by atoms with Crippen molar-refractivity contribution in [1.82, 2.24) is 0 Å². The highest BCUT2D eigenvalue weighted by Crippen LogP contribution is 2.80. The van der Waals surface area contributed by atoms with Crippen LogP contribution in [0.3, 0.4) is 0 Å². The fourth-order valence-corrected chi connectivity index (χ4v) is 11.7. The van der Waals surface area contributed by atoms with Crippen LogP contribution in [0.5, 0.6) is 0 Å². The Morgan fingerprint density at radius 2 is 1.57 bits per heavy atom. The maximum atomic E-state index is 2.79. The zero-order valence-corrected chi connectivity index (χ0v) is 21.5. The number of hydrogen-bond acceptors (Lipinski definition) is 0. The molecule has 0 aliphatic heterocycles. The van der Waals surface area contributed by atoms with Crippen LogP contribution in [0.1, 0.15) is 120 Å². The molecule has 0 radical (unpaired) electrons. The lowest BCUT2D eigenvalue weighted by Gasteiger charge is -2.68. The number of allylic oxidation sites excluding steroid dienone is 2. The summed E-state index contributed by atoms with van der Waals surface area (Å²) in [7, 11) is 0. The quantitative estimate of drug-likeness (QED) is 0.378. The lowest BCUT2D eigenvalue weighted by molar-refractivity contribution is -0.189. The summed E-state index contributed by atoms with van der Waals surface area (Å²) in [5, 5.41) is 0. The molecule has 8 atom stereocenters. The summed E-state index contributed by atoms with van der Waals surface area (Å²) in [6.45, 7) is 21.1. The molecule has 5 aliphatic carbocycles. The van der Waals surface area contributed by atoms with E-state index < -0.39 is 0 Å². The second kappa shape index (κ2) is 6.41. The molecule has 0 aromatic rings. The van der Waals surface area contributed by atoms with Crippen LogP contribution in [0.4, 0.5) is 0 Å². The molecular weight excluding hydrogens is 360 g/mol. The molecule has 0 heteroatoms. The monoisotopic (exact) mass is 410 g/mol. The summed E-state index contributed by atoms with van der Waals surface area (Å²) in [6, 6.07) is 0. The Labute approximate surface area is 188 Å². The zero-order chi connectivity index (χ0) is 21.7. The Balaban J connectivity index is 1.56. The summed E-state index contributed by atoms with van der Waals surface area (Å²) in [4.78, 5) is 0. The average Bonchev–Trinajstić information content (AvgIpc) is 3.12. The minimum Gasteiger partial charge on any atom is -0.0847 e. The zero-order valence-electron chi connectivity index (χ0n) is 21.5. The van der Waals surface area contributed by atoms with Crippen molar-refractivity contribution in [1.29, 1.82) is 0 Å². The van der Waals surface area contributed by atoms with E-state index in [1.165, 1.54) is 64.2 Å². The van der Waals surface area contributed by atoms with Gasteiger partial charge in [-0.15, -0.1) is 0 Å². The van der Waals surface area contributed by atoms with Gasteiger partial charge in [-0.3, -0.25) is 0 Å². The van der Waals surface area contributed by atoms with E-state index in [2.05, 4.69) is 61.5 Å². The third-order valence-electron chi connectivity index (χ3n) is 13.3. The first-order valence-corrected chi connectivity index (χ1v) is 13.6. The van der Waals surface area contributed by atoms with Gasteiger partial charge in [0, 0.05) is 5.41 Å². The molecule has 5 rings (SSSR count). The van der Waals surface area contributed by atoms with E-state index in [-0.39, 0.29) is 0 Å². The second-order valence-electron chi connectivity index (χ2n) is 14.4. The smallest absolute Gasteiger partial charge is 0.000199 e. The Hall–Kier alpha value is -0.260. The molecule has 0 aromatic heterocycles. The first-order chi connectivity index (χ1) is 13.9. The van der Waals surface area contributed by atoms with Gasteiger partial charge in [-0.05, 0) is 116 Å². The van der Waals surface area contributed by atoms with Crippen molar-refractivity contribution in [2.24, 2.45) is 56.7 Å². The maximum Gasteiger partial charge on any atom is 0.000199 e. The lowest BCUT2D eigenvalue weighted by atomic mass is 9.36. The van der Waals surface area contributed by atoms with Crippen LogP contribution in [-0.4, -0.2) is 0 Å². The molecule has 0 heterocycles. The summed E-state index contributed by atoms with van der Waals surface area (Å²) < 4.78 is 0. The normalized spacial score (nSPS) is 54.6. The SMILES string of the molecule is CC1=CC[C@@H](C(C)C)[C@]12CC[C@]1(C)[C@@H]3CC[C@H]4C(C)(C)CCC[C@]4(C)[C@H]3CC[C@@]21C. The molecule has 0 aromatic carbocycles. The van der Waals surface area contributed by atoms with Crippen LogP contribution in [0, 0.1) is 56.7 Å². The highest BCUT2D eigenvalue weighted by Gasteiger charge is 2.72. The molecule has 5 aliphatic rings. The number of fused-ring (bicyclic) bond motifs is 6. The molecule has 0 bridgehead atoms. The molecule has 0 amide bonds. The molecule has 1 spiro atoms. The summed E-state index contributed by atoms with van der Waals surface area (Å²) in [6.07, 6.45) is 17.4. The fourth-order valence-electron chi connectivity index (χ4n) is 11.7. The van der Waals surface area contributed by atoms with Gasteiger partial charge in [-0.25, -0.2) is 0 Å². The minimum atomic E-state index is 0.491. The Morgan fingerprint density at radius 3 is 2.27 bits per heavy atom.